The first-order chi connectivity index (χ1) is 13.6. The van der Waals surface area contributed by atoms with Crippen LogP contribution in [-0.2, 0) is 6.54 Å². The van der Waals surface area contributed by atoms with Gasteiger partial charge < -0.3 is 10.0 Å². The van der Waals surface area contributed by atoms with Crippen molar-refractivity contribution in [3.05, 3.63) is 89.2 Å². The Morgan fingerprint density at radius 1 is 1.00 bits per heavy atom. The highest BCUT2D eigenvalue weighted by Gasteiger charge is 2.16. The van der Waals surface area contributed by atoms with Gasteiger partial charge in [0.2, 0.25) is 0 Å². The number of benzene rings is 2. The van der Waals surface area contributed by atoms with Crippen LogP contribution in [0.2, 0.25) is 0 Å². The summed E-state index contributed by atoms with van der Waals surface area (Å²) in [4.78, 5) is 18.9. The van der Waals surface area contributed by atoms with Crippen LogP contribution in [0.4, 0.5) is 0 Å². The molecular formula is C24H26N2O2. The zero-order chi connectivity index (χ0) is 19.9. The monoisotopic (exact) mass is 374 g/mol. The maximum atomic E-state index is 13.1. The van der Waals surface area contributed by atoms with Gasteiger partial charge in [0.05, 0.1) is 0 Å². The molecular weight excluding hydrogens is 348 g/mol. The first-order valence-corrected chi connectivity index (χ1v) is 9.55. The molecule has 0 bridgehead atoms. The van der Waals surface area contributed by atoms with Gasteiger partial charge in [0.15, 0.2) is 0 Å². The van der Waals surface area contributed by atoms with Crippen molar-refractivity contribution < 1.29 is 9.90 Å². The summed E-state index contributed by atoms with van der Waals surface area (Å²) >= 11 is 0. The average molecular weight is 374 g/mol. The Morgan fingerprint density at radius 3 is 2.39 bits per heavy atom. The molecule has 2 aromatic carbocycles. The van der Waals surface area contributed by atoms with Crippen LogP contribution < -0.4 is 0 Å². The lowest BCUT2D eigenvalue weighted by molar-refractivity contribution is 0.0732. The summed E-state index contributed by atoms with van der Waals surface area (Å²) in [5, 5.41) is 9.20. The molecule has 0 aliphatic heterocycles. The van der Waals surface area contributed by atoms with Gasteiger partial charge in [-0.3, -0.25) is 9.78 Å². The van der Waals surface area contributed by atoms with Crippen molar-refractivity contribution in [3.8, 4) is 11.1 Å². The summed E-state index contributed by atoms with van der Waals surface area (Å²) in [7, 11) is 0. The number of aliphatic hydroxyl groups is 1. The van der Waals surface area contributed by atoms with E-state index in [1.165, 1.54) is 16.7 Å². The van der Waals surface area contributed by atoms with Gasteiger partial charge in [-0.1, -0.05) is 35.9 Å². The van der Waals surface area contributed by atoms with Crippen molar-refractivity contribution in [2.45, 2.75) is 26.8 Å². The van der Waals surface area contributed by atoms with Crippen LogP contribution in [0.15, 0.2) is 67.0 Å². The lowest BCUT2D eigenvalue weighted by Gasteiger charge is -2.23. The van der Waals surface area contributed by atoms with Crippen molar-refractivity contribution in [3.63, 3.8) is 0 Å². The Bertz CT molecular complexity index is 921. The summed E-state index contributed by atoms with van der Waals surface area (Å²) in [6.07, 6.45) is 4.00. The Morgan fingerprint density at radius 2 is 1.71 bits per heavy atom. The molecule has 0 saturated carbocycles. The van der Waals surface area contributed by atoms with E-state index in [0.29, 0.717) is 25.1 Å². The van der Waals surface area contributed by atoms with Crippen molar-refractivity contribution >= 4 is 5.91 Å². The molecule has 1 N–H and O–H groups in total. The van der Waals surface area contributed by atoms with Gasteiger partial charge >= 0.3 is 0 Å². The Labute approximate surface area is 166 Å². The molecule has 4 heteroatoms. The van der Waals surface area contributed by atoms with Gasteiger partial charge in [-0.05, 0) is 66.8 Å². The van der Waals surface area contributed by atoms with Crippen molar-refractivity contribution in [1.29, 1.82) is 0 Å². The number of aliphatic hydroxyl groups excluding tert-OH is 1. The summed E-state index contributed by atoms with van der Waals surface area (Å²) in [5.41, 5.74) is 6.40. The Kier molecular flexibility index (Phi) is 6.56. The molecule has 1 amide bonds. The fourth-order valence-corrected chi connectivity index (χ4v) is 3.24. The molecule has 1 heterocycles. The smallest absolute Gasteiger partial charge is 0.254 e. The molecule has 0 saturated heterocycles. The molecule has 3 rings (SSSR count). The lowest BCUT2D eigenvalue weighted by Crippen LogP contribution is -2.32. The van der Waals surface area contributed by atoms with Gasteiger partial charge in [-0.2, -0.15) is 0 Å². The Hall–Kier alpha value is -2.98. The molecule has 144 valence electrons. The minimum Gasteiger partial charge on any atom is -0.396 e. The molecule has 1 aromatic heterocycles. The topological polar surface area (TPSA) is 53.4 Å². The molecule has 4 nitrogen and oxygen atoms in total. The number of carbonyl (C=O) groups excluding carboxylic acids is 1. The number of pyridine rings is 1. The van der Waals surface area contributed by atoms with Crippen LogP contribution in [0.25, 0.3) is 11.1 Å². The zero-order valence-corrected chi connectivity index (χ0v) is 16.4. The predicted molar refractivity (Wildman–Crippen MR) is 112 cm³/mol. The summed E-state index contributed by atoms with van der Waals surface area (Å²) in [5.74, 6) is -0.0298. The molecule has 0 fully saturated rings. The van der Waals surface area contributed by atoms with E-state index in [1.54, 1.807) is 17.3 Å². The molecule has 0 unspecified atom stereocenters. The normalized spacial score (nSPS) is 10.7. The van der Waals surface area contributed by atoms with Crippen molar-refractivity contribution in [2.75, 3.05) is 13.2 Å². The van der Waals surface area contributed by atoms with Gasteiger partial charge in [-0.15, -0.1) is 0 Å². The van der Waals surface area contributed by atoms with Gasteiger partial charge in [0.25, 0.3) is 5.91 Å². The second-order valence-corrected chi connectivity index (χ2v) is 7.06. The van der Waals surface area contributed by atoms with Crippen LogP contribution in [0.1, 0.15) is 33.5 Å². The minimum absolute atomic E-state index is 0.0298. The molecule has 0 aliphatic carbocycles. The fourth-order valence-electron chi connectivity index (χ4n) is 3.24. The molecule has 3 aromatic rings. The number of amides is 1. The first-order valence-electron chi connectivity index (χ1n) is 9.55. The van der Waals surface area contributed by atoms with E-state index in [9.17, 15) is 9.90 Å². The summed E-state index contributed by atoms with van der Waals surface area (Å²) in [6.45, 7) is 5.25. The molecule has 0 spiro atoms. The fraction of sp³-hybridized carbons (Fsp3) is 0.250. The maximum absolute atomic E-state index is 13.1. The van der Waals surface area contributed by atoms with E-state index in [1.807, 2.05) is 36.4 Å². The highest BCUT2D eigenvalue weighted by molar-refractivity contribution is 5.94. The quantitative estimate of drug-likeness (QED) is 0.667. The number of rotatable bonds is 7. The van der Waals surface area contributed by atoms with E-state index in [-0.39, 0.29) is 12.5 Å². The van der Waals surface area contributed by atoms with Crippen LogP contribution in [0.5, 0.6) is 0 Å². The van der Waals surface area contributed by atoms with E-state index in [0.717, 1.165) is 11.1 Å². The van der Waals surface area contributed by atoms with Crippen LogP contribution in [-0.4, -0.2) is 34.0 Å². The van der Waals surface area contributed by atoms with E-state index >= 15 is 0 Å². The second-order valence-electron chi connectivity index (χ2n) is 7.06. The zero-order valence-electron chi connectivity index (χ0n) is 16.4. The third kappa shape index (κ3) is 4.84. The third-order valence-electron chi connectivity index (χ3n) is 4.83. The molecule has 0 aliphatic rings. The predicted octanol–water partition coefficient (Wildman–Crippen LogP) is 4.39. The molecule has 0 radical (unpaired) electrons. The van der Waals surface area contributed by atoms with E-state index in [2.05, 4.69) is 37.0 Å². The van der Waals surface area contributed by atoms with Crippen molar-refractivity contribution in [1.82, 2.24) is 9.88 Å². The summed E-state index contributed by atoms with van der Waals surface area (Å²) < 4.78 is 0. The van der Waals surface area contributed by atoms with Crippen molar-refractivity contribution in [2.24, 2.45) is 0 Å². The Balaban J connectivity index is 1.81. The average Bonchev–Trinajstić information content (AvgIpc) is 2.73. The minimum atomic E-state index is -0.0298. The largest absolute Gasteiger partial charge is 0.396 e. The highest BCUT2D eigenvalue weighted by Crippen LogP contribution is 2.25. The standard InChI is InChI=1S/C24H26N2O2/c1-18-4-5-19(2)23(16-18)21-6-8-22(9-7-21)24(28)26(14-3-15-27)17-20-10-12-25-13-11-20/h4-13,16,27H,3,14-15,17H2,1-2H3. The SMILES string of the molecule is Cc1ccc(C)c(-c2ccc(C(=O)N(CCCO)Cc3ccncc3)cc2)c1. The molecule has 28 heavy (non-hydrogen) atoms. The van der Waals surface area contributed by atoms with Crippen LogP contribution in [0, 0.1) is 13.8 Å². The first kappa shape index (κ1) is 19.8. The number of aromatic nitrogens is 1. The number of hydrogen-bond acceptors (Lipinski definition) is 3. The van der Waals surface area contributed by atoms with Gasteiger partial charge in [-0.25, -0.2) is 0 Å². The van der Waals surface area contributed by atoms with E-state index < -0.39 is 0 Å². The number of hydrogen-bond donors (Lipinski definition) is 1. The highest BCUT2D eigenvalue weighted by atomic mass is 16.3. The van der Waals surface area contributed by atoms with Crippen LogP contribution >= 0.6 is 0 Å². The van der Waals surface area contributed by atoms with Crippen LogP contribution in [0.3, 0.4) is 0 Å². The number of aryl methyl sites for hydroxylation is 2. The molecule has 0 atom stereocenters. The summed E-state index contributed by atoms with van der Waals surface area (Å²) in [6, 6.07) is 18.0. The second kappa shape index (κ2) is 9.29. The van der Waals surface area contributed by atoms with E-state index in [4.69, 9.17) is 0 Å². The van der Waals surface area contributed by atoms with Gasteiger partial charge in [0.1, 0.15) is 0 Å². The number of nitrogens with zero attached hydrogens (tertiary/aromatic N) is 2. The maximum Gasteiger partial charge on any atom is 0.254 e. The third-order valence-corrected chi connectivity index (χ3v) is 4.83. The van der Waals surface area contributed by atoms with Gasteiger partial charge in [0, 0.05) is 37.7 Å². The lowest BCUT2D eigenvalue weighted by atomic mass is 9.97. The number of carbonyl (C=O) groups is 1.